The van der Waals surface area contributed by atoms with Crippen molar-refractivity contribution in [2.45, 2.75) is 31.7 Å². The minimum atomic E-state index is -1.06. The predicted molar refractivity (Wildman–Crippen MR) is 91.6 cm³/mol. The van der Waals surface area contributed by atoms with Crippen molar-refractivity contribution in [1.82, 2.24) is 10.2 Å². The van der Waals surface area contributed by atoms with E-state index in [-0.39, 0.29) is 17.2 Å². The van der Waals surface area contributed by atoms with E-state index in [1.807, 2.05) is 29.2 Å². The van der Waals surface area contributed by atoms with Gasteiger partial charge in [-0.3, -0.25) is 9.59 Å². The lowest BCUT2D eigenvalue weighted by molar-refractivity contribution is -0.140. The number of benzene rings is 1. The molecule has 2 atom stereocenters. The SMILES string of the molecule is CC(N)(C(=O)N1CCCC2(CNC(=O)C2)C1)c1ccc(Br)cc1. The molecule has 3 rings (SSSR count). The van der Waals surface area contributed by atoms with Gasteiger partial charge in [0.25, 0.3) is 0 Å². The summed E-state index contributed by atoms with van der Waals surface area (Å²) < 4.78 is 0.956. The number of rotatable bonds is 2. The van der Waals surface area contributed by atoms with Crippen molar-refractivity contribution in [2.24, 2.45) is 11.1 Å². The molecule has 0 aromatic heterocycles. The van der Waals surface area contributed by atoms with Gasteiger partial charge in [0.1, 0.15) is 5.54 Å². The van der Waals surface area contributed by atoms with Gasteiger partial charge in [0, 0.05) is 35.9 Å². The zero-order valence-electron chi connectivity index (χ0n) is 13.3. The van der Waals surface area contributed by atoms with Crippen LogP contribution in [-0.4, -0.2) is 36.3 Å². The van der Waals surface area contributed by atoms with Crippen LogP contribution in [0.2, 0.25) is 0 Å². The monoisotopic (exact) mass is 379 g/mol. The Bertz CT molecular complexity index is 629. The van der Waals surface area contributed by atoms with Gasteiger partial charge < -0.3 is 16.0 Å². The molecule has 0 aliphatic carbocycles. The topological polar surface area (TPSA) is 75.4 Å². The third kappa shape index (κ3) is 3.15. The van der Waals surface area contributed by atoms with Crippen LogP contribution in [-0.2, 0) is 15.1 Å². The lowest BCUT2D eigenvalue weighted by atomic mass is 9.78. The fraction of sp³-hybridized carbons (Fsp3) is 0.529. The summed E-state index contributed by atoms with van der Waals surface area (Å²) in [5.41, 5.74) is 6.01. The molecule has 1 aromatic carbocycles. The molecule has 3 N–H and O–H groups in total. The normalized spacial score (nSPS) is 26.9. The maximum atomic E-state index is 13.0. The summed E-state index contributed by atoms with van der Waals surface area (Å²) in [4.78, 5) is 26.4. The molecule has 5 nitrogen and oxygen atoms in total. The van der Waals surface area contributed by atoms with E-state index in [9.17, 15) is 9.59 Å². The van der Waals surface area contributed by atoms with Crippen LogP contribution in [0.5, 0.6) is 0 Å². The van der Waals surface area contributed by atoms with Gasteiger partial charge in [0.2, 0.25) is 11.8 Å². The van der Waals surface area contributed by atoms with Crippen molar-refractivity contribution < 1.29 is 9.59 Å². The molecule has 2 aliphatic rings. The average Bonchev–Trinajstić information content (AvgIpc) is 2.87. The Kier molecular flexibility index (Phi) is 4.23. The van der Waals surface area contributed by atoms with Crippen LogP contribution < -0.4 is 11.1 Å². The highest BCUT2D eigenvalue weighted by Gasteiger charge is 2.45. The Morgan fingerprint density at radius 3 is 2.70 bits per heavy atom. The molecule has 1 spiro atoms. The number of halogens is 1. The fourth-order valence-corrected chi connectivity index (χ4v) is 3.93. The van der Waals surface area contributed by atoms with Crippen molar-refractivity contribution >= 4 is 27.7 Å². The second-order valence-electron chi connectivity index (χ2n) is 6.99. The number of hydrogen-bond donors (Lipinski definition) is 2. The zero-order valence-corrected chi connectivity index (χ0v) is 14.9. The molecule has 124 valence electrons. The number of nitrogens with one attached hydrogen (secondary N) is 1. The van der Waals surface area contributed by atoms with Gasteiger partial charge in [-0.25, -0.2) is 0 Å². The highest BCUT2D eigenvalue weighted by Crippen LogP contribution is 2.37. The third-order valence-electron chi connectivity index (χ3n) is 5.03. The van der Waals surface area contributed by atoms with Crippen LogP contribution >= 0.6 is 15.9 Å². The lowest BCUT2D eigenvalue weighted by Crippen LogP contribution is -2.56. The molecule has 6 heteroatoms. The van der Waals surface area contributed by atoms with E-state index in [1.165, 1.54) is 0 Å². The molecular weight excluding hydrogens is 358 g/mol. The number of nitrogens with two attached hydrogens (primary N) is 1. The quantitative estimate of drug-likeness (QED) is 0.821. The van der Waals surface area contributed by atoms with E-state index in [2.05, 4.69) is 21.2 Å². The number of likely N-dealkylation sites (tertiary alicyclic amines) is 1. The number of carbonyl (C=O) groups is 2. The second-order valence-corrected chi connectivity index (χ2v) is 7.91. The number of hydrogen-bond acceptors (Lipinski definition) is 3. The largest absolute Gasteiger partial charge is 0.355 e. The summed E-state index contributed by atoms with van der Waals surface area (Å²) in [5.74, 6) is 0.0148. The molecule has 23 heavy (non-hydrogen) atoms. The maximum Gasteiger partial charge on any atom is 0.246 e. The highest BCUT2D eigenvalue weighted by molar-refractivity contribution is 9.10. The molecule has 2 unspecified atom stereocenters. The number of nitrogens with zero attached hydrogens (tertiary/aromatic N) is 1. The van der Waals surface area contributed by atoms with Crippen LogP contribution in [0.4, 0.5) is 0 Å². The summed E-state index contributed by atoms with van der Waals surface area (Å²) >= 11 is 3.40. The van der Waals surface area contributed by atoms with E-state index < -0.39 is 5.54 Å². The van der Waals surface area contributed by atoms with Crippen molar-refractivity contribution in [2.75, 3.05) is 19.6 Å². The summed E-state index contributed by atoms with van der Waals surface area (Å²) in [5, 5.41) is 2.90. The van der Waals surface area contributed by atoms with E-state index in [0.29, 0.717) is 26.1 Å². The first-order valence-electron chi connectivity index (χ1n) is 7.93. The van der Waals surface area contributed by atoms with E-state index in [1.54, 1.807) is 6.92 Å². The molecule has 2 aliphatic heterocycles. The van der Waals surface area contributed by atoms with Gasteiger partial charge in [-0.15, -0.1) is 0 Å². The van der Waals surface area contributed by atoms with Gasteiger partial charge in [0.05, 0.1) is 0 Å². The molecule has 2 saturated heterocycles. The maximum absolute atomic E-state index is 13.0. The molecule has 0 bridgehead atoms. The Labute approximate surface area is 144 Å². The summed E-state index contributed by atoms with van der Waals surface area (Å²) in [6.07, 6.45) is 2.41. The molecular formula is C17H22BrN3O2. The van der Waals surface area contributed by atoms with Crippen molar-refractivity contribution in [3.05, 3.63) is 34.3 Å². The molecule has 0 saturated carbocycles. The first-order valence-corrected chi connectivity index (χ1v) is 8.73. The number of amides is 2. The molecule has 2 amide bonds. The average molecular weight is 380 g/mol. The Hall–Kier alpha value is -1.40. The lowest BCUT2D eigenvalue weighted by Gasteiger charge is -2.42. The van der Waals surface area contributed by atoms with Crippen molar-refractivity contribution in [1.29, 1.82) is 0 Å². The van der Waals surface area contributed by atoms with Crippen molar-refractivity contribution in [3.63, 3.8) is 0 Å². The van der Waals surface area contributed by atoms with Crippen LogP contribution in [0, 0.1) is 5.41 Å². The van der Waals surface area contributed by atoms with E-state index in [0.717, 1.165) is 22.9 Å². The fourth-order valence-electron chi connectivity index (χ4n) is 3.67. The van der Waals surface area contributed by atoms with Crippen LogP contribution in [0.25, 0.3) is 0 Å². The Morgan fingerprint density at radius 1 is 1.39 bits per heavy atom. The Balaban J connectivity index is 1.79. The first kappa shape index (κ1) is 16.5. The zero-order chi connectivity index (χ0) is 16.7. The van der Waals surface area contributed by atoms with Crippen molar-refractivity contribution in [3.8, 4) is 0 Å². The van der Waals surface area contributed by atoms with Gasteiger partial charge in [0.15, 0.2) is 0 Å². The number of piperidine rings is 1. The van der Waals surface area contributed by atoms with Crippen LogP contribution in [0.1, 0.15) is 31.7 Å². The van der Waals surface area contributed by atoms with Crippen LogP contribution in [0.15, 0.2) is 28.7 Å². The van der Waals surface area contributed by atoms with Gasteiger partial charge in [-0.05, 0) is 37.5 Å². The second kappa shape index (κ2) is 5.91. The first-order chi connectivity index (χ1) is 10.8. The minimum absolute atomic E-state index is 0.0711. The molecule has 2 heterocycles. The standard InChI is InChI=1S/C17H22BrN3O2/c1-16(19,12-3-5-13(18)6-4-12)15(23)21-8-2-7-17(11-21)9-14(22)20-10-17/h3-6H,2,7-11,19H2,1H3,(H,20,22). The summed E-state index contributed by atoms with van der Waals surface area (Å²) in [6, 6.07) is 7.54. The van der Waals surface area contributed by atoms with Gasteiger partial charge >= 0.3 is 0 Å². The number of carbonyl (C=O) groups excluding carboxylic acids is 2. The van der Waals surface area contributed by atoms with E-state index in [4.69, 9.17) is 5.73 Å². The van der Waals surface area contributed by atoms with E-state index >= 15 is 0 Å². The van der Waals surface area contributed by atoms with Gasteiger partial charge in [-0.1, -0.05) is 28.1 Å². The molecule has 1 aromatic rings. The predicted octanol–water partition coefficient (Wildman–Crippen LogP) is 1.75. The summed E-state index contributed by atoms with van der Waals surface area (Å²) in [6.45, 7) is 3.74. The smallest absolute Gasteiger partial charge is 0.246 e. The third-order valence-corrected chi connectivity index (χ3v) is 5.56. The summed E-state index contributed by atoms with van der Waals surface area (Å²) in [7, 11) is 0. The molecule has 2 fully saturated rings. The van der Waals surface area contributed by atoms with Gasteiger partial charge in [-0.2, -0.15) is 0 Å². The minimum Gasteiger partial charge on any atom is -0.355 e. The Morgan fingerprint density at radius 2 is 2.09 bits per heavy atom. The highest BCUT2D eigenvalue weighted by atomic mass is 79.9. The van der Waals surface area contributed by atoms with Crippen LogP contribution in [0.3, 0.4) is 0 Å². The molecule has 0 radical (unpaired) electrons.